The topological polar surface area (TPSA) is 20.2 Å². The van der Waals surface area contributed by atoms with E-state index in [1.54, 1.807) is 0 Å². The van der Waals surface area contributed by atoms with E-state index < -0.39 is 6.10 Å². The number of rotatable bonds is 13. The Hall–Kier alpha value is -1.08. The molecule has 1 heteroatoms. The molecule has 24 heavy (non-hydrogen) atoms. The van der Waals surface area contributed by atoms with Crippen LogP contribution in [0.1, 0.15) is 90.4 Å². The van der Waals surface area contributed by atoms with Crippen molar-refractivity contribution >= 4 is 0 Å². The van der Waals surface area contributed by atoms with E-state index in [4.69, 9.17) is 0 Å². The molecule has 0 radical (unpaired) electrons. The summed E-state index contributed by atoms with van der Waals surface area (Å²) >= 11 is 0. The van der Waals surface area contributed by atoms with Crippen LogP contribution < -0.4 is 0 Å². The highest BCUT2D eigenvalue weighted by Crippen LogP contribution is 2.33. The van der Waals surface area contributed by atoms with Gasteiger partial charge in [0.1, 0.15) is 6.10 Å². The summed E-state index contributed by atoms with van der Waals surface area (Å²) in [5.41, 5.74) is 2.95. The van der Waals surface area contributed by atoms with Gasteiger partial charge in [0, 0.05) is 0 Å². The van der Waals surface area contributed by atoms with Crippen molar-refractivity contribution in [2.75, 3.05) is 0 Å². The lowest BCUT2D eigenvalue weighted by Gasteiger charge is -2.05. The molecule has 0 aromatic carbocycles. The maximum absolute atomic E-state index is 9.99. The zero-order valence-electron chi connectivity index (χ0n) is 15.9. The summed E-state index contributed by atoms with van der Waals surface area (Å²) in [6, 6.07) is 0. The molecule has 0 bridgehead atoms. The molecule has 0 saturated heterocycles. The molecule has 1 atom stereocenters. The fourth-order valence-electron chi connectivity index (χ4n) is 3.26. The van der Waals surface area contributed by atoms with Gasteiger partial charge in [-0.05, 0) is 61.7 Å². The Morgan fingerprint density at radius 3 is 2.00 bits per heavy atom. The lowest BCUT2D eigenvalue weighted by atomic mass is 10.1. The molecule has 1 saturated carbocycles. The third-order valence-electron chi connectivity index (χ3n) is 4.86. The van der Waals surface area contributed by atoms with E-state index in [9.17, 15) is 5.11 Å². The third-order valence-corrected chi connectivity index (χ3v) is 4.86. The Morgan fingerprint density at radius 2 is 1.42 bits per heavy atom. The summed E-state index contributed by atoms with van der Waals surface area (Å²) < 4.78 is 0. The molecular weight excluding hydrogens is 292 g/mol. The second-order valence-corrected chi connectivity index (χ2v) is 7.17. The predicted molar refractivity (Wildman–Crippen MR) is 107 cm³/mol. The minimum absolute atomic E-state index is 0.470. The highest BCUT2D eigenvalue weighted by Gasteiger charge is 2.24. The second-order valence-electron chi connectivity index (χ2n) is 7.17. The van der Waals surface area contributed by atoms with E-state index in [1.165, 1.54) is 70.6 Å². The molecule has 1 aliphatic rings. The number of allylic oxidation sites excluding steroid dienone is 3. The first-order valence-corrected chi connectivity index (χ1v) is 10.1. The number of hydrogen-bond donors (Lipinski definition) is 1. The van der Waals surface area contributed by atoms with Crippen molar-refractivity contribution in [2.45, 2.75) is 96.5 Å². The Bertz CT molecular complexity index is 427. The Labute approximate surface area is 150 Å². The third kappa shape index (κ3) is 8.68. The Kier molecular flexibility index (Phi) is 11.6. The van der Waals surface area contributed by atoms with E-state index in [1.807, 2.05) is 0 Å². The molecule has 1 aliphatic carbocycles. The molecule has 0 amide bonds. The molecule has 136 valence electrons. The van der Waals surface area contributed by atoms with Crippen LogP contribution in [0.25, 0.3) is 0 Å². The molecule has 1 rings (SSSR count). The largest absolute Gasteiger partial charge is 0.384 e. The van der Waals surface area contributed by atoms with Crippen LogP contribution in [0.2, 0.25) is 0 Å². The van der Waals surface area contributed by atoms with Crippen molar-refractivity contribution in [1.29, 1.82) is 0 Å². The van der Waals surface area contributed by atoms with E-state index in [0.717, 1.165) is 29.6 Å². The summed E-state index contributed by atoms with van der Waals surface area (Å²) in [7, 11) is 0. The molecule has 0 heterocycles. The molecule has 1 nitrogen and oxygen atoms in total. The van der Waals surface area contributed by atoms with Crippen molar-refractivity contribution in [3.63, 3.8) is 0 Å². The number of aliphatic hydroxyl groups is 1. The van der Waals surface area contributed by atoms with Crippen molar-refractivity contribution in [3.8, 4) is 0 Å². The summed E-state index contributed by atoms with van der Waals surface area (Å²) in [6.45, 7) is 10.2. The molecular formula is C23H38O. The summed E-state index contributed by atoms with van der Waals surface area (Å²) in [5.74, 6) is 0. The van der Waals surface area contributed by atoms with Crippen LogP contribution in [0.15, 0.2) is 48.1 Å². The first-order chi connectivity index (χ1) is 11.7. The van der Waals surface area contributed by atoms with Gasteiger partial charge in [-0.3, -0.25) is 0 Å². The van der Waals surface area contributed by atoms with Gasteiger partial charge in [-0.25, -0.2) is 0 Å². The highest BCUT2D eigenvalue weighted by atomic mass is 16.3. The van der Waals surface area contributed by atoms with Gasteiger partial charge in [0.05, 0.1) is 0 Å². The van der Waals surface area contributed by atoms with Crippen LogP contribution in [0.3, 0.4) is 0 Å². The van der Waals surface area contributed by atoms with Crippen molar-refractivity contribution < 1.29 is 5.11 Å². The monoisotopic (exact) mass is 330 g/mol. The van der Waals surface area contributed by atoms with Crippen LogP contribution >= 0.6 is 0 Å². The lowest BCUT2D eigenvalue weighted by Crippen LogP contribution is -2.04. The van der Waals surface area contributed by atoms with Crippen molar-refractivity contribution in [1.82, 2.24) is 0 Å². The van der Waals surface area contributed by atoms with Crippen LogP contribution in [-0.2, 0) is 0 Å². The number of aliphatic hydroxyl groups excluding tert-OH is 1. The Balaban J connectivity index is 1.94. The summed E-state index contributed by atoms with van der Waals surface area (Å²) in [4.78, 5) is 0. The normalized spacial score (nSPS) is 19.9. The fourth-order valence-corrected chi connectivity index (χ4v) is 3.26. The molecule has 0 aromatic rings. The summed E-state index contributed by atoms with van der Waals surface area (Å²) in [6.07, 6.45) is 22.7. The second kappa shape index (κ2) is 13.2. The van der Waals surface area contributed by atoms with Gasteiger partial charge in [0.25, 0.3) is 0 Å². The fraction of sp³-hybridized carbons (Fsp3) is 0.652. The molecule has 0 spiro atoms. The van der Waals surface area contributed by atoms with E-state index in [0.29, 0.717) is 0 Å². The molecule has 0 aliphatic heterocycles. The van der Waals surface area contributed by atoms with Gasteiger partial charge in [-0.2, -0.15) is 0 Å². The molecule has 1 fully saturated rings. The zero-order chi connectivity index (χ0) is 17.6. The highest BCUT2D eigenvalue weighted by molar-refractivity contribution is 5.46. The van der Waals surface area contributed by atoms with Crippen LogP contribution in [0, 0.1) is 0 Å². The average Bonchev–Trinajstić information content (AvgIpc) is 2.81. The predicted octanol–water partition coefficient (Wildman–Crippen LogP) is 7.05. The van der Waals surface area contributed by atoms with Crippen LogP contribution in [-0.4, -0.2) is 11.2 Å². The smallest absolute Gasteiger partial charge is 0.100 e. The maximum atomic E-state index is 9.99. The molecule has 1 unspecified atom stereocenters. The Morgan fingerprint density at radius 1 is 0.875 bits per heavy atom. The van der Waals surface area contributed by atoms with E-state index >= 15 is 0 Å². The van der Waals surface area contributed by atoms with Gasteiger partial charge >= 0.3 is 0 Å². The van der Waals surface area contributed by atoms with Gasteiger partial charge in [-0.15, -0.1) is 0 Å². The average molecular weight is 331 g/mol. The van der Waals surface area contributed by atoms with Crippen molar-refractivity contribution in [2.24, 2.45) is 0 Å². The quantitative estimate of drug-likeness (QED) is 0.283. The van der Waals surface area contributed by atoms with Gasteiger partial charge in [-0.1, -0.05) is 76.8 Å². The molecule has 1 N–H and O–H groups in total. The summed E-state index contributed by atoms with van der Waals surface area (Å²) in [5, 5.41) is 9.99. The van der Waals surface area contributed by atoms with Crippen LogP contribution in [0.5, 0.6) is 0 Å². The first-order valence-electron chi connectivity index (χ1n) is 10.1. The minimum Gasteiger partial charge on any atom is -0.384 e. The van der Waals surface area contributed by atoms with E-state index in [-0.39, 0.29) is 0 Å². The SMILES string of the molecule is C=C1CC(=C)C(O)C1=CCCCCCC=CCCCCCCCC. The van der Waals surface area contributed by atoms with Gasteiger partial charge in [0.2, 0.25) is 0 Å². The van der Waals surface area contributed by atoms with Crippen LogP contribution in [0.4, 0.5) is 0 Å². The lowest BCUT2D eigenvalue weighted by molar-refractivity contribution is 0.257. The standard InChI is InChI=1S/C23H38O/c1-4-5-6-7-8-9-10-11-12-13-14-15-16-17-18-22-20(2)19-21(3)23(22)24/h11-12,18,23-24H,2-10,13-17,19H2,1H3. The van der Waals surface area contributed by atoms with Crippen molar-refractivity contribution in [3.05, 3.63) is 48.1 Å². The van der Waals surface area contributed by atoms with E-state index in [2.05, 4.69) is 38.3 Å². The maximum Gasteiger partial charge on any atom is 0.100 e. The first kappa shape index (κ1) is 21.0. The number of hydrogen-bond acceptors (Lipinski definition) is 1. The zero-order valence-corrected chi connectivity index (χ0v) is 15.9. The number of unbranched alkanes of at least 4 members (excludes halogenated alkanes) is 10. The van der Waals surface area contributed by atoms with Gasteiger partial charge in [0.15, 0.2) is 0 Å². The van der Waals surface area contributed by atoms with Gasteiger partial charge < -0.3 is 5.11 Å². The molecule has 0 aromatic heterocycles. The minimum atomic E-state index is -0.470.